The predicted molar refractivity (Wildman–Crippen MR) is 108 cm³/mol. The van der Waals surface area contributed by atoms with E-state index in [1.54, 1.807) is 7.11 Å². The number of methoxy groups -OCH3 is 1. The van der Waals surface area contributed by atoms with Gasteiger partial charge in [0.05, 0.1) is 13.7 Å². The third-order valence-electron chi connectivity index (χ3n) is 4.60. The first-order valence-electron chi connectivity index (χ1n) is 9.14. The second kappa shape index (κ2) is 9.92. The SMILES string of the molecule is COc1nc(C)cc(C)c1CNC(=O)NCC(Cc1ccccc1)N(C)C. The van der Waals surface area contributed by atoms with Crippen LogP contribution >= 0.6 is 0 Å². The van der Waals surface area contributed by atoms with Gasteiger partial charge in [-0.3, -0.25) is 0 Å². The largest absolute Gasteiger partial charge is 0.481 e. The normalized spacial score (nSPS) is 11.9. The molecule has 6 nitrogen and oxygen atoms in total. The van der Waals surface area contributed by atoms with Crippen molar-refractivity contribution in [2.45, 2.75) is 32.9 Å². The molecule has 2 amide bonds. The minimum absolute atomic E-state index is 0.197. The van der Waals surface area contributed by atoms with Crippen molar-refractivity contribution in [1.82, 2.24) is 20.5 Å². The highest BCUT2D eigenvalue weighted by molar-refractivity contribution is 5.74. The minimum Gasteiger partial charge on any atom is -0.481 e. The molecule has 0 aliphatic carbocycles. The van der Waals surface area contributed by atoms with Crippen molar-refractivity contribution >= 4 is 6.03 Å². The van der Waals surface area contributed by atoms with E-state index in [0.29, 0.717) is 19.0 Å². The van der Waals surface area contributed by atoms with Crippen LogP contribution in [0, 0.1) is 13.8 Å². The Morgan fingerprint density at radius 1 is 1.19 bits per heavy atom. The Balaban J connectivity index is 1.89. The maximum absolute atomic E-state index is 12.3. The Morgan fingerprint density at radius 2 is 1.89 bits per heavy atom. The maximum Gasteiger partial charge on any atom is 0.315 e. The average Bonchev–Trinajstić information content (AvgIpc) is 2.64. The highest BCUT2D eigenvalue weighted by Gasteiger charge is 2.15. The molecule has 0 radical (unpaired) electrons. The summed E-state index contributed by atoms with van der Waals surface area (Å²) < 4.78 is 5.35. The summed E-state index contributed by atoms with van der Waals surface area (Å²) in [6, 6.07) is 12.3. The summed E-state index contributed by atoms with van der Waals surface area (Å²) in [6.07, 6.45) is 0.878. The van der Waals surface area contributed by atoms with E-state index >= 15 is 0 Å². The zero-order valence-electron chi connectivity index (χ0n) is 16.9. The van der Waals surface area contributed by atoms with Crippen LogP contribution in [0.25, 0.3) is 0 Å². The van der Waals surface area contributed by atoms with Crippen molar-refractivity contribution in [3.8, 4) is 5.88 Å². The van der Waals surface area contributed by atoms with Crippen LogP contribution in [0.15, 0.2) is 36.4 Å². The van der Waals surface area contributed by atoms with E-state index in [9.17, 15) is 4.79 Å². The Hall–Kier alpha value is -2.60. The fourth-order valence-corrected chi connectivity index (χ4v) is 2.98. The van der Waals surface area contributed by atoms with Gasteiger partial charge in [-0.25, -0.2) is 9.78 Å². The Bertz CT molecular complexity index is 747. The van der Waals surface area contributed by atoms with Gasteiger partial charge in [0.25, 0.3) is 0 Å². The molecule has 0 bridgehead atoms. The van der Waals surface area contributed by atoms with Crippen LogP contribution in [0.3, 0.4) is 0 Å². The van der Waals surface area contributed by atoms with Gasteiger partial charge in [0.2, 0.25) is 5.88 Å². The number of hydrogen-bond donors (Lipinski definition) is 2. The van der Waals surface area contributed by atoms with E-state index in [0.717, 1.165) is 23.2 Å². The van der Waals surface area contributed by atoms with Gasteiger partial charge in [-0.15, -0.1) is 0 Å². The van der Waals surface area contributed by atoms with Crippen molar-refractivity contribution in [3.05, 3.63) is 58.8 Å². The first kappa shape index (κ1) is 20.7. The lowest BCUT2D eigenvalue weighted by molar-refractivity contribution is 0.231. The van der Waals surface area contributed by atoms with E-state index in [-0.39, 0.29) is 12.1 Å². The number of rotatable bonds is 8. The molecule has 0 aliphatic rings. The third-order valence-corrected chi connectivity index (χ3v) is 4.60. The molecule has 0 saturated carbocycles. The number of urea groups is 1. The van der Waals surface area contributed by atoms with Gasteiger partial charge < -0.3 is 20.3 Å². The zero-order chi connectivity index (χ0) is 19.8. The lowest BCUT2D eigenvalue weighted by Crippen LogP contribution is -2.45. The molecule has 1 heterocycles. The number of aryl methyl sites for hydroxylation is 2. The Kier molecular flexibility index (Phi) is 7.61. The molecule has 0 spiro atoms. The number of carbonyl (C=O) groups is 1. The molecule has 1 aromatic heterocycles. The molecular weight excluding hydrogens is 340 g/mol. The van der Waals surface area contributed by atoms with E-state index in [4.69, 9.17) is 4.74 Å². The van der Waals surface area contributed by atoms with Crippen molar-refractivity contribution in [1.29, 1.82) is 0 Å². The van der Waals surface area contributed by atoms with Crippen LogP contribution < -0.4 is 15.4 Å². The highest BCUT2D eigenvalue weighted by atomic mass is 16.5. The molecule has 1 unspecified atom stereocenters. The number of carbonyl (C=O) groups excluding carboxylic acids is 1. The highest BCUT2D eigenvalue weighted by Crippen LogP contribution is 2.20. The van der Waals surface area contributed by atoms with Gasteiger partial charge in [-0.2, -0.15) is 0 Å². The van der Waals surface area contributed by atoms with Crippen molar-refractivity contribution in [3.63, 3.8) is 0 Å². The standard InChI is InChI=1S/C21H30N4O2/c1-15-11-16(2)24-20(27-5)19(15)14-23-21(26)22-13-18(25(3)4)12-17-9-7-6-8-10-17/h6-11,18H,12-14H2,1-5H3,(H2,22,23,26). The predicted octanol–water partition coefficient (Wildman–Crippen LogP) is 2.68. The van der Waals surface area contributed by atoms with Gasteiger partial charge in [0, 0.05) is 23.8 Å². The molecular formula is C21H30N4O2. The van der Waals surface area contributed by atoms with Crippen LogP contribution in [0.4, 0.5) is 4.79 Å². The molecule has 146 valence electrons. The van der Waals surface area contributed by atoms with Gasteiger partial charge in [0.1, 0.15) is 0 Å². The summed E-state index contributed by atoms with van der Waals surface area (Å²) >= 11 is 0. The summed E-state index contributed by atoms with van der Waals surface area (Å²) in [6.45, 7) is 4.86. The lowest BCUT2D eigenvalue weighted by Gasteiger charge is -2.25. The molecule has 1 aromatic carbocycles. The van der Waals surface area contributed by atoms with Crippen molar-refractivity contribution in [2.75, 3.05) is 27.7 Å². The number of amides is 2. The second-order valence-electron chi connectivity index (χ2n) is 6.94. The average molecular weight is 370 g/mol. The first-order chi connectivity index (χ1) is 12.9. The quantitative estimate of drug-likeness (QED) is 0.750. The Labute approximate surface area is 161 Å². The fourth-order valence-electron chi connectivity index (χ4n) is 2.98. The van der Waals surface area contributed by atoms with Gasteiger partial charge >= 0.3 is 6.03 Å². The molecule has 0 saturated heterocycles. The van der Waals surface area contributed by atoms with E-state index < -0.39 is 0 Å². The van der Waals surface area contributed by atoms with Gasteiger partial charge in [-0.1, -0.05) is 30.3 Å². The molecule has 6 heteroatoms. The van der Waals surface area contributed by atoms with Crippen molar-refractivity contribution < 1.29 is 9.53 Å². The smallest absolute Gasteiger partial charge is 0.315 e. The van der Waals surface area contributed by atoms with Crippen LogP contribution in [0.5, 0.6) is 5.88 Å². The number of nitrogens with one attached hydrogen (secondary N) is 2. The number of pyridine rings is 1. The van der Waals surface area contributed by atoms with E-state index in [1.807, 2.05) is 52.2 Å². The van der Waals surface area contributed by atoms with Crippen molar-refractivity contribution in [2.24, 2.45) is 0 Å². The summed E-state index contributed by atoms with van der Waals surface area (Å²) in [7, 11) is 5.65. The lowest BCUT2D eigenvalue weighted by atomic mass is 10.1. The molecule has 2 rings (SSSR count). The van der Waals surface area contributed by atoms with Crippen LogP contribution in [-0.4, -0.2) is 49.7 Å². The van der Waals surface area contributed by atoms with Crippen LogP contribution in [-0.2, 0) is 13.0 Å². The zero-order valence-corrected chi connectivity index (χ0v) is 16.9. The van der Waals surface area contributed by atoms with E-state index in [2.05, 4.69) is 32.7 Å². The fraction of sp³-hybridized carbons (Fsp3) is 0.429. The molecule has 1 atom stereocenters. The number of nitrogens with zero attached hydrogens (tertiary/aromatic N) is 2. The molecule has 0 fully saturated rings. The summed E-state index contributed by atoms with van der Waals surface area (Å²) in [5.41, 5.74) is 4.10. The molecule has 0 aliphatic heterocycles. The maximum atomic E-state index is 12.3. The third kappa shape index (κ3) is 6.25. The summed E-state index contributed by atoms with van der Waals surface area (Å²) in [5, 5.41) is 5.87. The second-order valence-corrected chi connectivity index (χ2v) is 6.94. The number of likely N-dealkylation sites (N-methyl/N-ethyl adjacent to an activating group) is 1. The topological polar surface area (TPSA) is 66.5 Å². The first-order valence-corrected chi connectivity index (χ1v) is 9.14. The van der Waals surface area contributed by atoms with Gasteiger partial charge in [-0.05, 0) is 51.6 Å². The summed E-state index contributed by atoms with van der Waals surface area (Å²) in [5.74, 6) is 0.558. The Morgan fingerprint density at radius 3 is 2.52 bits per heavy atom. The number of hydrogen-bond acceptors (Lipinski definition) is 4. The van der Waals surface area contributed by atoms with Crippen LogP contribution in [0.1, 0.15) is 22.4 Å². The van der Waals surface area contributed by atoms with Gasteiger partial charge in [0.15, 0.2) is 0 Å². The number of aromatic nitrogens is 1. The summed E-state index contributed by atoms with van der Waals surface area (Å²) in [4.78, 5) is 18.8. The molecule has 27 heavy (non-hydrogen) atoms. The molecule has 2 N–H and O–H groups in total. The minimum atomic E-state index is -0.197. The van der Waals surface area contributed by atoms with E-state index in [1.165, 1.54) is 5.56 Å². The van der Waals surface area contributed by atoms with Crippen LogP contribution in [0.2, 0.25) is 0 Å². The number of ether oxygens (including phenoxy) is 1. The monoisotopic (exact) mass is 370 g/mol. The molecule has 2 aromatic rings. The number of benzene rings is 1.